The Morgan fingerprint density at radius 2 is 2.00 bits per heavy atom. The monoisotopic (exact) mass is 231 g/mol. The molecule has 0 atom stereocenters. The molecule has 4 heteroatoms. The molecule has 0 spiro atoms. The lowest BCUT2D eigenvalue weighted by molar-refractivity contribution is 0.633. The van der Waals surface area contributed by atoms with Crippen molar-refractivity contribution in [3.63, 3.8) is 0 Å². The summed E-state index contributed by atoms with van der Waals surface area (Å²) < 4.78 is 13.2. The van der Waals surface area contributed by atoms with E-state index in [4.69, 9.17) is 5.73 Å². The first-order valence-corrected chi connectivity index (χ1v) is 5.37. The number of benzene rings is 1. The summed E-state index contributed by atoms with van der Waals surface area (Å²) in [6, 6.07) is 10.5. The van der Waals surface area contributed by atoms with Crippen LogP contribution in [0.4, 0.5) is 15.8 Å². The molecule has 0 radical (unpaired) electrons. The molecule has 2 rings (SSSR count). The first-order chi connectivity index (χ1) is 8.16. The van der Waals surface area contributed by atoms with Crippen LogP contribution in [0.5, 0.6) is 0 Å². The smallest absolute Gasteiger partial charge is 0.148 e. The largest absolute Gasteiger partial charge is 0.395 e. The van der Waals surface area contributed by atoms with Crippen LogP contribution in [0.1, 0.15) is 11.4 Å². The van der Waals surface area contributed by atoms with E-state index in [2.05, 4.69) is 10.3 Å². The van der Waals surface area contributed by atoms with Crippen LogP contribution in [-0.4, -0.2) is 4.98 Å². The maximum atomic E-state index is 13.2. The van der Waals surface area contributed by atoms with Gasteiger partial charge in [0.25, 0.3) is 0 Å². The van der Waals surface area contributed by atoms with E-state index in [1.807, 2.05) is 25.1 Å². The van der Waals surface area contributed by atoms with Crippen LogP contribution in [0.25, 0.3) is 0 Å². The van der Waals surface area contributed by atoms with Gasteiger partial charge < -0.3 is 11.1 Å². The molecule has 2 aromatic rings. The van der Waals surface area contributed by atoms with E-state index in [1.54, 1.807) is 12.1 Å². The van der Waals surface area contributed by atoms with E-state index in [0.29, 0.717) is 12.2 Å². The van der Waals surface area contributed by atoms with Gasteiger partial charge in [-0.1, -0.05) is 12.1 Å². The van der Waals surface area contributed by atoms with Crippen molar-refractivity contribution in [1.82, 2.24) is 4.98 Å². The minimum atomic E-state index is -0.410. The minimum Gasteiger partial charge on any atom is -0.395 e. The van der Waals surface area contributed by atoms with E-state index in [9.17, 15) is 4.39 Å². The lowest BCUT2D eigenvalue weighted by Gasteiger charge is -2.09. The van der Waals surface area contributed by atoms with Crippen LogP contribution in [0, 0.1) is 12.7 Å². The standard InChI is InChI=1S/C13H14FN3/c1-9-4-2-5-10(17-9)8-16-12-7-3-6-11(14)13(12)15/h2-7,16H,8,15H2,1H3. The Morgan fingerprint density at radius 1 is 1.24 bits per heavy atom. The Bertz CT molecular complexity index is 526. The number of nitrogens with two attached hydrogens (primary N) is 1. The molecule has 1 heterocycles. The van der Waals surface area contributed by atoms with Crippen molar-refractivity contribution in [2.75, 3.05) is 11.1 Å². The highest BCUT2D eigenvalue weighted by Gasteiger charge is 2.03. The average Bonchev–Trinajstić information content (AvgIpc) is 2.31. The second-order valence-corrected chi connectivity index (χ2v) is 3.82. The first-order valence-electron chi connectivity index (χ1n) is 5.37. The molecule has 0 unspecified atom stereocenters. The van der Waals surface area contributed by atoms with Gasteiger partial charge in [-0.05, 0) is 31.2 Å². The molecule has 0 aliphatic rings. The fourth-order valence-corrected chi connectivity index (χ4v) is 1.57. The number of aryl methyl sites for hydroxylation is 1. The zero-order valence-electron chi connectivity index (χ0n) is 9.57. The summed E-state index contributed by atoms with van der Waals surface area (Å²) >= 11 is 0. The van der Waals surface area contributed by atoms with Crippen molar-refractivity contribution >= 4 is 11.4 Å². The van der Waals surface area contributed by atoms with Crippen molar-refractivity contribution in [2.45, 2.75) is 13.5 Å². The summed E-state index contributed by atoms with van der Waals surface area (Å²) in [5, 5.41) is 3.07. The second-order valence-electron chi connectivity index (χ2n) is 3.82. The van der Waals surface area contributed by atoms with Gasteiger partial charge in [-0.2, -0.15) is 0 Å². The highest BCUT2D eigenvalue weighted by molar-refractivity contribution is 5.66. The van der Waals surface area contributed by atoms with E-state index in [-0.39, 0.29) is 5.69 Å². The molecule has 0 saturated carbocycles. The quantitative estimate of drug-likeness (QED) is 0.798. The third-order valence-electron chi connectivity index (χ3n) is 2.46. The zero-order valence-corrected chi connectivity index (χ0v) is 9.57. The number of nitrogens with one attached hydrogen (secondary N) is 1. The minimum absolute atomic E-state index is 0.139. The Labute approximate surface area is 99.5 Å². The molecule has 1 aromatic heterocycles. The number of halogens is 1. The zero-order chi connectivity index (χ0) is 12.3. The van der Waals surface area contributed by atoms with Gasteiger partial charge in [0.2, 0.25) is 0 Å². The molecule has 0 aliphatic carbocycles. The summed E-state index contributed by atoms with van der Waals surface area (Å²) in [5.41, 5.74) is 8.20. The summed E-state index contributed by atoms with van der Waals surface area (Å²) in [6.45, 7) is 2.45. The van der Waals surface area contributed by atoms with Crippen LogP contribution in [-0.2, 0) is 6.54 Å². The van der Waals surface area contributed by atoms with E-state index in [1.165, 1.54) is 6.07 Å². The van der Waals surface area contributed by atoms with Crippen molar-refractivity contribution in [2.24, 2.45) is 0 Å². The predicted octanol–water partition coefficient (Wildman–Crippen LogP) is 2.72. The molecule has 0 aliphatic heterocycles. The van der Waals surface area contributed by atoms with Gasteiger partial charge in [0, 0.05) is 5.69 Å². The van der Waals surface area contributed by atoms with Crippen molar-refractivity contribution in [1.29, 1.82) is 0 Å². The van der Waals surface area contributed by atoms with Gasteiger partial charge in [0.15, 0.2) is 0 Å². The molecule has 0 amide bonds. The van der Waals surface area contributed by atoms with Crippen LogP contribution in [0.2, 0.25) is 0 Å². The Balaban J connectivity index is 2.10. The summed E-state index contributed by atoms with van der Waals surface area (Å²) in [4.78, 5) is 4.34. The molecule has 3 N–H and O–H groups in total. The molecule has 0 fully saturated rings. The maximum absolute atomic E-state index is 13.2. The third kappa shape index (κ3) is 2.72. The van der Waals surface area contributed by atoms with Gasteiger partial charge in [-0.25, -0.2) is 4.39 Å². The van der Waals surface area contributed by atoms with Crippen molar-refractivity contribution in [3.05, 3.63) is 53.6 Å². The van der Waals surface area contributed by atoms with E-state index >= 15 is 0 Å². The predicted molar refractivity (Wildman–Crippen MR) is 67.1 cm³/mol. The van der Waals surface area contributed by atoms with E-state index in [0.717, 1.165) is 11.4 Å². The highest BCUT2D eigenvalue weighted by Crippen LogP contribution is 2.21. The number of aromatic nitrogens is 1. The fourth-order valence-electron chi connectivity index (χ4n) is 1.57. The number of hydrogen-bond donors (Lipinski definition) is 2. The number of rotatable bonds is 3. The Kier molecular flexibility index (Phi) is 3.23. The topological polar surface area (TPSA) is 50.9 Å². The number of anilines is 2. The van der Waals surface area contributed by atoms with Crippen molar-refractivity contribution in [3.8, 4) is 0 Å². The molecule has 0 saturated heterocycles. The number of hydrogen-bond acceptors (Lipinski definition) is 3. The number of para-hydroxylation sites is 1. The molecular formula is C13H14FN3. The average molecular weight is 231 g/mol. The fraction of sp³-hybridized carbons (Fsp3) is 0.154. The Morgan fingerprint density at radius 3 is 2.76 bits per heavy atom. The Hall–Kier alpha value is -2.10. The number of nitrogens with zero attached hydrogens (tertiary/aromatic N) is 1. The van der Waals surface area contributed by atoms with Crippen LogP contribution < -0.4 is 11.1 Å². The lowest BCUT2D eigenvalue weighted by Crippen LogP contribution is -2.05. The van der Waals surface area contributed by atoms with Crippen LogP contribution in [0.15, 0.2) is 36.4 Å². The van der Waals surface area contributed by atoms with Gasteiger partial charge >= 0.3 is 0 Å². The van der Waals surface area contributed by atoms with Crippen molar-refractivity contribution < 1.29 is 4.39 Å². The molecule has 3 nitrogen and oxygen atoms in total. The normalized spacial score (nSPS) is 10.2. The first kappa shape index (κ1) is 11.4. The third-order valence-corrected chi connectivity index (χ3v) is 2.46. The van der Waals surface area contributed by atoms with Gasteiger partial charge in [-0.15, -0.1) is 0 Å². The SMILES string of the molecule is Cc1cccc(CNc2cccc(F)c2N)n1. The molecule has 17 heavy (non-hydrogen) atoms. The van der Waals surface area contributed by atoms with Crippen LogP contribution >= 0.6 is 0 Å². The van der Waals surface area contributed by atoms with Gasteiger partial charge in [-0.3, -0.25) is 4.98 Å². The lowest BCUT2D eigenvalue weighted by atomic mass is 10.2. The van der Waals surface area contributed by atoms with Gasteiger partial charge in [0.1, 0.15) is 5.82 Å². The maximum Gasteiger partial charge on any atom is 0.148 e. The molecule has 1 aromatic carbocycles. The second kappa shape index (κ2) is 4.82. The summed E-state index contributed by atoms with van der Waals surface area (Å²) in [5.74, 6) is -0.410. The summed E-state index contributed by atoms with van der Waals surface area (Å²) in [7, 11) is 0. The van der Waals surface area contributed by atoms with Crippen LogP contribution in [0.3, 0.4) is 0 Å². The molecule has 88 valence electrons. The van der Waals surface area contributed by atoms with Gasteiger partial charge in [0.05, 0.1) is 23.6 Å². The highest BCUT2D eigenvalue weighted by atomic mass is 19.1. The molecule has 0 bridgehead atoms. The number of nitrogen functional groups attached to an aromatic ring is 1. The molecular weight excluding hydrogens is 217 g/mol. The number of pyridine rings is 1. The summed E-state index contributed by atoms with van der Waals surface area (Å²) in [6.07, 6.45) is 0. The van der Waals surface area contributed by atoms with E-state index < -0.39 is 5.82 Å².